The molecular weight excluding hydrogens is 198 g/mol. The van der Waals surface area contributed by atoms with E-state index in [2.05, 4.69) is 32.0 Å². The summed E-state index contributed by atoms with van der Waals surface area (Å²) in [6, 6.07) is 10.4. The maximum Gasteiger partial charge on any atom is 0.0669 e. The zero-order chi connectivity index (χ0) is 12.0. The van der Waals surface area contributed by atoms with Crippen molar-refractivity contribution in [2.45, 2.75) is 38.7 Å². The molecule has 1 aromatic carbocycles. The molecule has 0 amide bonds. The van der Waals surface area contributed by atoms with Crippen LogP contribution in [0.25, 0.3) is 0 Å². The maximum absolute atomic E-state index is 8.56. The van der Waals surface area contributed by atoms with Gasteiger partial charge in [0.25, 0.3) is 0 Å². The Hall–Kier alpha value is -1.33. The van der Waals surface area contributed by atoms with E-state index < -0.39 is 0 Å². The van der Waals surface area contributed by atoms with Gasteiger partial charge in [0.1, 0.15) is 0 Å². The Labute approximate surface area is 97.9 Å². The summed E-state index contributed by atoms with van der Waals surface area (Å²) in [7, 11) is 1.75. The Morgan fingerprint density at radius 1 is 1.19 bits per heavy atom. The second kappa shape index (κ2) is 5.67. The van der Waals surface area contributed by atoms with Gasteiger partial charge in [-0.1, -0.05) is 24.3 Å². The van der Waals surface area contributed by atoms with Gasteiger partial charge < -0.3 is 4.74 Å². The first-order valence-corrected chi connectivity index (χ1v) is 5.57. The topological polar surface area (TPSA) is 33.0 Å². The molecule has 1 aromatic rings. The number of nitrogens with zero attached hydrogens (tertiary/aromatic N) is 1. The minimum atomic E-state index is -0.0642. The van der Waals surface area contributed by atoms with Gasteiger partial charge in [0.2, 0.25) is 0 Å². The van der Waals surface area contributed by atoms with Crippen LogP contribution < -0.4 is 0 Å². The Bertz CT molecular complexity index is 359. The lowest BCUT2D eigenvalue weighted by Crippen LogP contribution is -2.22. The van der Waals surface area contributed by atoms with E-state index in [1.54, 1.807) is 7.11 Å². The number of ether oxygens (including phenoxy) is 1. The third-order valence-electron chi connectivity index (χ3n) is 2.87. The van der Waals surface area contributed by atoms with Gasteiger partial charge in [0.05, 0.1) is 18.1 Å². The lowest BCUT2D eigenvalue weighted by atomic mass is 9.98. The summed E-state index contributed by atoms with van der Waals surface area (Å²) in [5, 5.41) is 8.56. The van der Waals surface area contributed by atoms with E-state index in [-0.39, 0.29) is 5.60 Å². The molecule has 0 N–H and O–H groups in total. The fraction of sp³-hybridized carbons (Fsp3) is 0.500. The molecule has 2 heteroatoms. The zero-order valence-corrected chi connectivity index (χ0v) is 10.3. The predicted octanol–water partition coefficient (Wildman–Crippen LogP) is 3.11. The minimum Gasteiger partial charge on any atom is -0.379 e. The first kappa shape index (κ1) is 12.7. The number of hydrogen-bond donors (Lipinski definition) is 0. The molecule has 0 unspecified atom stereocenters. The third kappa shape index (κ3) is 4.04. The van der Waals surface area contributed by atoms with E-state index in [9.17, 15) is 0 Å². The summed E-state index contributed by atoms with van der Waals surface area (Å²) < 4.78 is 5.38. The van der Waals surface area contributed by atoms with Crippen LogP contribution in [0.5, 0.6) is 0 Å². The molecule has 0 aromatic heterocycles. The number of aryl methyl sites for hydroxylation is 1. The van der Waals surface area contributed by atoms with Crippen molar-refractivity contribution in [2.75, 3.05) is 7.11 Å². The molecular formula is C14H19NO. The molecule has 86 valence electrons. The quantitative estimate of drug-likeness (QED) is 0.759. The smallest absolute Gasteiger partial charge is 0.0669 e. The van der Waals surface area contributed by atoms with E-state index in [0.29, 0.717) is 6.42 Å². The molecule has 0 fully saturated rings. The fourth-order valence-electron chi connectivity index (χ4n) is 1.46. The van der Waals surface area contributed by atoms with Crippen LogP contribution in [0.3, 0.4) is 0 Å². The van der Waals surface area contributed by atoms with Crippen LogP contribution in [0, 0.1) is 11.3 Å². The van der Waals surface area contributed by atoms with Crippen molar-refractivity contribution in [2.24, 2.45) is 0 Å². The van der Waals surface area contributed by atoms with Crippen LogP contribution >= 0.6 is 0 Å². The number of methoxy groups -OCH3 is 1. The molecule has 2 nitrogen and oxygen atoms in total. The summed E-state index contributed by atoms with van der Waals surface area (Å²) in [4.78, 5) is 0. The molecule has 0 bridgehead atoms. The van der Waals surface area contributed by atoms with Crippen molar-refractivity contribution in [3.8, 4) is 6.07 Å². The van der Waals surface area contributed by atoms with Gasteiger partial charge in [-0.3, -0.25) is 0 Å². The van der Waals surface area contributed by atoms with Gasteiger partial charge in [0, 0.05) is 7.11 Å². The first-order chi connectivity index (χ1) is 7.57. The van der Waals surface area contributed by atoms with Crippen molar-refractivity contribution in [3.63, 3.8) is 0 Å². The van der Waals surface area contributed by atoms with Crippen molar-refractivity contribution in [1.82, 2.24) is 0 Å². The van der Waals surface area contributed by atoms with Crippen LogP contribution in [0.1, 0.15) is 31.4 Å². The van der Waals surface area contributed by atoms with Gasteiger partial charge in [-0.25, -0.2) is 0 Å². The van der Waals surface area contributed by atoms with Crippen LogP contribution in [0.4, 0.5) is 0 Å². The molecule has 0 aliphatic rings. The highest BCUT2D eigenvalue weighted by molar-refractivity contribution is 5.24. The molecule has 16 heavy (non-hydrogen) atoms. The van der Waals surface area contributed by atoms with Crippen LogP contribution in [0.2, 0.25) is 0 Å². The van der Waals surface area contributed by atoms with Crippen molar-refractivity contribution in [3.05, 3.63) is 35.4 Å². The molecule has 0 aliphatic heterocycles. The summed E-state index contributed by atoms with van der Waals surface area (Å²) >= 11 is 0. The second-order valence-electron chi connectivity index (χ2n) is 4.62. The summed E-state index contributed by atoms with van der Waals surface area (Å²) in [6.45, 7) is 4.19. The highest BCUT2D eigenvalue weighted by atomic mass is 16.5. The number of rotatable bonds is 5. The van der Waals surface area contributed by atoms with Gasteiger partial charge in [0.15, 0.2) is 0 Å². The highest BCUT2D eigenvalue weighted by Gasteiger charge is 2.15. The highest BCUT2D eigenvalue weighted by Crippen LogP contribution is 2.17. The van der Waals surface area contributed by atoms with Crippen LogP contribution in [-0.2, 0) is 17.6 Å². The summed E-state index contributed by atoms with van der Waals surface area (Å²) in [5.41, 5.74) is 2.31. The monoisotopic (exact) mass is 217 g/mol. The van der Waals surface area contributed by atoms with Crippen LogP contribution in [-0.4, -0.2) is 12.7 Å². The molecule has 0 aliphatic carbocycles. The van der Waals surface area contributed by atoms with E-state index in [0.717, 1.165) is 18.4 Å². The predicted molar refractivity (Wildman–Crippen MR) is 65.2 cm³/mol. The van der Waals surface area contributed by atoms with Gasteiger partial charge in [-0.05, 0) is 37.8 Å². The normalized spacial score (nSPS) is 11.1. The molecule has 0 radical (unpaired) electrons. The van der Waals surface area contributed by atoms with Gasteiger partial charge >= 0.3 is 0 Å². The van der Waals surface area contributed by atoms with Crippen LogP contribution in [0.15, 0.2) is 24.3 Å². The number of benzene rings is 1. The maximum atomic E-state index is 8.56. The molecule has 1 rings (SSSR count). The Morgan fingerprint density at radius 2 is 1.75 bits per heavy atom. The van der Waals surface area contributed by atoms with E-state index in [4.69, 9.17) is 10.00 Å². The first-order valence-electron chi connectivity index (χ1n) is 5.57. The standard InChI is InChI=1S/C14H19NO/c1-14(2,16-3)10-8-12-4-6-13(7-5-12)9-11-15/h4-7H,8-10H2,1-3H3. The largest absolute Gasteiger partial charge is 0.379 e. The molecule has 0 saturated carbocycles. The van der Waals surface area contributed by atoms with E-state index >= 15 is 0 Å². The Kier molecular flexibility index (Phi) is 4.52. The molecule has 0 saturated heterocycles. The van der Waals surface area contributed by atoms with Crippen molar-refractivity contribution < 1.29 is 4.74 Å². The Balaban J connectivity index is 2.53. The SMILES string of the molecule is COC(C)(C)CCc1ccc(CC#N)cc1. The lowest BCUT2D eigenvalue weighted by Gasteiger charge is -2.22. The lowest BCUT2D eigenvalue weighted by molar-refractivity contribution is 0.0158. The minimum absolute atomic E-state index is 0.0642. The van der Waals surface area contributed by atoms with Gasteiger partial charge in [-0.2, -0.15) is 5.26 Å². The molecule has 0 atom stereocenters. The summed E-state index contributed by atoms with van der Waals surface area (Å²) in [6.07, 6.45) is 2.50. The molecule has 0 heterocycles. The fourth-order valence-corrected chi connectivity index (χ4v) is 1.46. The van der Waals surface area contributed by atoms with Gasteiger partial charge in [-0.15, -0.1) is 0 Å². The Morgan fingerprint density at radius 3 is 2.25 bits per heavy atom. The van der Waals surface area contributed by atoms with E-state index in [1.807, 2.05) is 12.1 Å². The van der Waals surface area contributed by atoms with E-state index in [1.165, 1.54) is 5.56 Å². The van der Waals surface area contributed by atoms with Crippen molar-refractivity contribution in [1.29, 1.82) is 5.26 Å². The number of nitriles is 1. The average Bonchev–Trinajstić information content (AvgIpc) is 2.29. The second-order valence-corrected chi connectivity index (χ2v) is 4.62. The average molecular weight is 217 g/mol. The van der Waals surface area contributed by atoms with Crippen molar-refractivity contribution >= 4 is 0 Å². The summed E-state index contributed by atoms with van der Waals surface area (Å²) in [5.74, 6) is 0. The third-order valence-corrected chi connectivity index (χ3v) is 2.87. The zero-order valence-electron chi connectivity index (χ0n) is 10.3. The number of hydrogen-bond acceptors (Lipinski definition) is 2. The molecule has 0 spiro atoms.